The summed E-state index contributed by atoms with van der Waals surface area (Å²) < 4.78 is 0. The number of pyridine rings is 1. The van der Waals surface area contributed by atoms with Crippen LogP contribution in [0.4, 0.5) is 5.82 Å². The van der Waals surface area contributed by atoms with Gasteiger partial charge < -0.3 is 15.5 Å². The largest absolute Gasteiger partial charge is 0.357 e. The molecule has 0 unspecified atom stereocenters. The SMILES string of the molecule is CCN(CC)c1ccc(CNC(=O)C=Cc2ccc(C(=O)NC3CC3)cc2)cn1. The maximum absolute atomic E-state index is 12.1. The van der Waals surface area contributed by atoms with Crippen molar-refractivity contribution in [3.05, 3.63) is 65.4 Å². The smallest absolute Gasteiger partial charge is 0.251 e. The molecule has 1 aliphatic carbocycles. The molecule has 0 bridgehead atoms. The Labute approximate surface area is 172 Å². The maximum atomic E-state index is 12.1. The van der Waals surface area contributed by atoms with E-state index in [9.17, 15) is 9.59 Å². The van der Waals surface area contributed by atoms with Gasteiger partial charge in [-0.3, -0.25) is 9.59 Å². The Kier molecular flexibility index (Phi) is 7.00. The van der Waals surface area contributed by atoms with Crippen molar-refractivity contribution in [1.82, 2.24) is 15.6 Å². The second kappa shape index (κ2) is 9.87. The van der Waals surface area contributed by atoms with Crippen LogP contribution in [0.5, 0.6) is 0 Å². The lowest BCUT2D eigenvalue weighted by Crippen LogP contribution is -2.25. The maximum Gasteiger partial charge on any atom is 0.251 e. The summed E-state index contributed by atoms with van der Waals surface area (Å²) in [5, 5.41) is 5.82. The normalized spacial score (nSPS) is 13.3. The number of amides is 2. The number of benzene rings is 1. The fraction of sp³-hybridized carbons (Fsp3) is 0.348. The summed E-state index contributed by atoms with van der Waals surface area (Å²) in [6.45, 7) is 6.45. The number of carbonyl (C=O) groups is 2. The molecule has 152 valence electrons. The second-order valence-electron chi connectivity index (χ2n) is 7.12. The molecule has 29 heavy (non-hydrogen) atoms. The number of aromatic nitrogens is 1. The van der Waals surface area contributed by atoms with Gasteiger partial charge in [-0.05, 0) is 62.1 Å². The van der Waals surface area contributed by atoms with E-state index in [0.29, 0.717) is 18.2 Å². The molecule has 0 aliphatic heterocycles. The van der Waals surface area contributed by atoms with E-state index in [1.807, 2.05) is 24.3 Å². The van der Waals surface area contributed by atoms with Crippen LogP contribution in [0.3, 0.4) is 0 Å². The van der Waals surface area contributed by atoms with Crippen molar-refractivity contribution in [3.8, 4) is 0 Å². The van der Waals surface area contributed by atoms with Crippen molar-refractivity contribution in [1.29, 1.82) is 0 Å². The fourth-order valence-corrected chi connectivity index (χ4v) is 2.92. The average Bonchev–Trinajstić information content (AvgIpc) is 3.57. The number of rotatable bonds is 9. The first-order chi connectivity index (χ1) is 14.1. The molecular formula is C23H28N4O2. The lowest BCUT2D eigenvalue weighted by molar-refractivity contribution is -0.116. The first kappa shape index (κ1) is 20.6. The van der Waals surface area contributed by atoms with E-state index in [-0.39, 0.29) is 11.8 Å². The van der Waals surface area contributed by atoms with E-state index in [4.69, 9.17) is 0 Å². The van der Waals surface area contributed by atoms with Crippen LogP contribution >= 0.6 is 0 Å². The molecular weight excluding hydrogens is 364 g/mol. The van der Waals surface area contributed by atoms with Crippen LogP contribution < -0.4 is 15.5 Å². The van der Waals surface area contributed by atoms with Gasteiger partial charge in [-0.15, -0.1) is 0 Å². The molecule has 0 radical (unpaired) electrons. The van der Waals surface area contributed by atoms with Crippen LogP contribution in [-0.4, -0.2) is 35.9 Å². The van der Waals surface area contributed by atoms with Crippen molar-refractivity contribution >= 4 is 23.7 Å². The zero-order valence-electron chi connectivity index (χ0n) is 17.0. The van der Waals surface area contributed by atoms with Crippen LogP contribution in [0.1, 0.15) is 48.2 Å². The Morgan fingerprint density at radius 1 is 1.10 bits per heavy atom. The zero-order valence-corrected chi connectivity index (χ0v) is 17.0. The summed E-state index contributed by atoms with van der Waals surface area (Å²) in [5.41, 5.74) is 2.46. The van der Waals surface area contributed by atoms with E-state index in [1.165, 1.54) is 6.08 Å². The molecule has 0 saturated heterocycles. The molecule has 6 nitrogen and oxygen atoms in total. The lowest BCUT2D eigenvalue weighted by atomic mass is 10.1. The van der Waals surface area contributed by atoms with Gasteiger partial charge in [0.15, 0.2) is 0 Å². The van der Waals surface area contributed by atoms with E-state index >= 15 is 0 Å². The van der Waals surface area contributed by atoms with Crippen LogP contribution in [0.25, 0.3) is 6.08 Å². The van der Waals surface area contributed by atoms with Gasteiger partial charge in [0.2, 0.25) is 5.91 Å². The highest BCUT2D eigenvalue weighted by Crippen LogP contribution is 2.19. The highest BCUT2D eigenvalue weighted by atomic mass is 16.2. The predicted octanol–water partition coefficient (Wildman–Crippen LogP) is 3.15. The van der Waals surface area contributed by atoms with Crippen molar-refractivity contribution in [3.63, 3.8) is 0 Å². The summed E-state index contributed by atoms with van der Waals surface area (Å²) in [6, 6.07) is 11.5. The van der Waals surface area contributed by atoms with Gasteiger partial charge in [0.1, 0.15) is 5.82 Å². The number of anilines is 1. The third kappa shape index (κ3) is 6.17. The molecule has 1 aliphatic rings. The molecule has 0 atom stereocenters. The lowest BCUT2D eigenvalue weighted by Gasteiger charge is -2.19. The van der Waals surface area contributed by atoms with Gasteiger partial charge in [-0.1, -0.05) is 18.2 Å². The van der Waals surface area contributed by atoms with Gasteiger partial charge in [0, 0.05) is 43.5 Å². The Hall–Kier alpha value is -3.15. The average molecular weight is 393 g/mol. The van der Waals surface area contributed by atoms with Gasteiger partial charge in [-0.2, -0.15) is 0 Å². The highest BCUT2D eigenvalue weighted by Gasteiger charge is 2.23. The van der Waals surface area contributed by atoms with Crippen LogP contribution in [-0.2, 0) is 11.3 Å². The minimum Gasteiger partial charge on any atom is -0.357 e. The monoisotopic (exact) mass is 392 g/mol. The molecule has 6 heteroatoms. The van der Waals surface area contributed by atoms with Crippen LogP contribution in [0, 0.1) is 0 Å². The quantitative estimate of drug-likeness (QED) is 0.643. The molecule has 2 amide bonds. The molecule has 1 aromatic heterocycles. The van der Waals surface area contributed by atoms with E-state index in [1.54, 1.807) is 24.4 Å². The Morgan fingerprint density at radius 2 is 1.83 bits per heavy atom. The summed E-state index contributed by atoms with van der Waals surface area (Å²) in [6.07, 6.45) is 7.16. The van der Waals surface area contributed by atoms with E-state index in [0.717, 1.165) is 42.9 Å². The highest BCUT2D eigenvalue weighted by molar-refractivity contribution is 5.95. The number of nitrogens with zero attached hydrogens (tertiary/aromatic N) is 2. The molecule has 1 aromatic carbocycles. The zero-order chi connectivity index (χ0) is 20.6. The molecule has 2 aromatic rings. The van der Waals surface area contributed by atoms with Crippen molar-refractivity contribution in [2.24, 2.45) is 0 Å². The second-order valence-corrected chi connectivity index (χ2v) is 7.12. The number of carbonyl (C=O) groups excluding carboxylic acids is 2. The Bertz CT molecular complexity index is 851. The number of nitrogens with one attached hydrogen (secondary N) is 2. The fourth-order valence-electron chi connectivity index (χ4n) is 2.92. The summed E-state index contributed by atoms with van der Waals surface area (Å²) >= 11 is 0. The van der Waals surface area contributed by atoms with Crippen molar-refractivity contribution in [2.75, 3.05) is 18.0 Å². The molecule has 1 heterocycles. The predicted molar refractivity (Wildman–Crippen MR) is 116 cm³/mol. The summed E-state index contributed by atoms with van der Waals surface area (Å²) in [5.74, 6) is 0.731. The van der Waals surface area contributed by atoms with E-state index < -0.39 is 0 Å². The van der Waals surface area contributed by atoms with Crippen LogP contribution in [0.15, 0.2) is 48.7 Å². The standard InChI is InChI=1S/C23H28N4O2/c1-3-27(4-2)21-13-7-18(15-24-21)16-25-22(28)14-8-17-5-9-19(10-6-17)23(29)26-20-11-12-20/h5-10,13-15,20H,3-4,11-12,16H2,1-2H3,(H,25,28)(H,26,29). The van der Waals surface area contributed by atoms with Gasteiger partial charge >= 0.3 is 0 Å². The van der Waals surface area contributed by atoms with E-state index in [2.05, 4.69) is 34.4 Å². The third-order valence-corrected chi connectivity index (χ3v) is 4.88. The first-order valence-electron chi connectivity index (χ1n) is 10.2. The number of hydrogen-bond acceptors (Lipinski definition) is 4. The molecule has 1 saturated carbocycles. The molecule has 3 rings (SSSR count). The first-order valence-corrected chi connectivity index (χ1v) is 10.2. The van der Waals surface area contributed by atoms with Crippen molar-refractivity contribution in [2.45, 2.75) is 39.3 Å². The molecule has 1 fully saturated rings. The van der Waals surface area contributed by atoms with Crippen LogP contribution in [0.2, 0.25) is 0 Å². The minimum atomic E-state index is -0.173. The Morgan fingerprint density at radius 3 is 2.41 bits per heavy atom. The van der Waals surface area contributed by atoms with Gasteiger partial charge in [0.05, 0.1) is 0 Å². The Balaban J connectivity index is 1.47. The minimum absolute atomic E-state index is 0.0404. The summed E-state index contributed by atoms with van der Waals surface area (Å²) in [7, 11) is 0. The van der Waals surface area contributed by atoms with Gasteiger partial charge in [0.25, 0.3) is 5.91 Å². The van der Waals surface area contributed by atoms with Crippen molar-refractivity contribution < 1.29 is 9.59 Å². The third-order valence-electron chi connectivity index (χ3n) is 4.88. The molecule has 2 N–H and O–H groups in total. The molecule has 0 spiro atoms. The topological polar surface area (TPSA) is 74.3 Å². The summed E-state index contributed by atoms with van der Waals surface area (Å²) in [4.78, 5) is 30.7. The number of hydrogen-bond donors (Lipinski definition) is 2. The van der Waals surface area contributed by atoms with Gasteiger partial charge in [-0.25, -0.2) is 4.98 Å².